The first-order valence-corrected chi connectivity index (χ1v) is 9.11. The van der Waals surface area contributed by atoms with Crippen LogP contribution >= 0.6 is 15.9 Å². The van der Waals surface area contributed by atoms with Gasteiger partial charge in [-0.25, -0.2) is 0 Å². The first kappa shape index (κ1) is 21.2. The summed E-state index contributed by atoms with van der Waals surface area (Å²) in [6.45, 7) is 5.05. The predicted octanol–water partition coefficient (Wildman–Crippen LogP) is 4.55. The third-order valence-corrected chi connectivity index (χ3v) is 4.48. The standard InChI is InChI=1S/C21H19BrN2O4/c1-12-6-5-7-13(2)19(12)24-21(26)16(11-23)8-15-9-17(22)20(28-14(3)25)18(10-15)27-4/h5-10H,1-4H3,(H,24,26)/b16-8+. The number of esters is 1. The molecule has 2 aromatic carbocycles. The highest BCUT2D eigenvalue weighted by atomic mass is 79.9. The van der Waals surface area contributed by atoms with Gasteiger partial charge in [0.15, 0.2) is 11.5 Å². The molecule has 0 aliphatic rings. The van der Waals surface area contributed by atoms with E-state index in [9.17, 15) is 14.9 Å². The summed E-state index contributed by atoms with van der Waals surface area (Å²) in [5.74, 6) is -0.485. The lowest BCUT2D eigenvalue weighted by atomic mass is 10.1. The predicted molar refractivity (Wildman–Crippen MR) is 110 cm³/mol. The second-order valence-corrected chi connectivity index (χ2v) is 6.87. The third-order valence-electron chi connectivity index (χ3n) is 3.89. The number of nitriles is 1. The number of carbonyl (C=O) groups is 2. The highest BCUT2D eigenvalue weighted by molar-refractivity contribution is 9.10. The van der Waals surface area contributed by atoms with Gasteiger partial charge in [-0.1, -0.05) is 18.2 Å². The monoisotopic (exact) mass is 442 g/mol. The van der Waals surface area contributed by atoms with Gasteiger partial charge in [-0.2, -0.15) is 5.26 Å². The van der Waals surface area contributed by atoms with Gasteiger partial charge in [0, 0.05) is 12.6 Å². The summed E-state index contributed by atoms with van der Waals surface area (Å²) in [6, 6.07) is 10.8. The maximum absolute atomic E-state index is 12.6. The number of nitrogens with zero attached hydrogens (tertiary/aromatic N) is 1. The van der Waals surface area contributed by atoms with Crippen LogP contribution in [0.3, 0.4) is 0 Å². The molecule has 144 valence electrons. The summed E-state index contributed by atoms with van der Waals surface area (Å²) in [7, 11) is 1.43. The fourth-order valence-corrected chi connectivity index (χ4v) is 3.11. The molecule has 0 unspecified atom stereocenters. The zero-order valence-corrected chi connectivity index (χ0v) is 17.5. The number of hydrogen-bond acceptors (Lipinski definition) is 5. The molecule has 0 radical (unpaired) electrons. The fourth-order valence-electron chi connectivity index (χ4n) is 2.57. The number of hydrogen-bond donors (Lipinski definition) is 1. The van der Waals surface area contributed by atoms with Crippen LogP contribution < -0.4 is 14.8 Å². The van der Waals surface area contributed by atoms with Crippen LogP contribution in [0, 0.1) is 25.2 Å². The van der Waals surface area contributed by atoms with E-state index in [4.69, 9.17) is 9.47 Å². The van der Waals surface area contributed by atoms with E-state index in [1.807, 2.05) is 38.1 Å². The molecule has 1 amide bonds. The normalized spacial score (nSPS) is 10.8. The van der Waals surface area contributed by atoms with E-state index >= 15 is 0 Å². The van der Waals surface area contributed by atoms with E-state index in [2.05, 4.69) is 21.2 Å². The minimum absolute atomic E-state index is 0.0724. The Morgan fingerprint density at radius 2 is 1.86 bits per heavy atom. The molecule has 2 rings (SSSR count). The van der Waals surface area contributed by atoms with Gasteiger partial charge >= 0.3 is 5.97 Å². The van der Waals surface area contributed by atoms with Crippen LogP contribution in [0.1, 0.15) is 23.6 Å². The summed E-state index contributed by atoms with van der Waals surface area (Å²) in [5.41, 5.74) is 2.95. The fraction of sp³-hybridized carbons (Fsp3) is 0.190. The van der Waals surface area contributed by atoms with Gasteiger partial charge in [0.25, 0.3) is 5.91 Å². The van der Waals surface area contributed by atoms with Crippen molar-refractivity contribution in [2.45, 2.75) is 20.8 Å². The van der Waals surface area contributed by atoms with Crippen molar-refractivity contribution in [1.29, 1.82) is 5.26 Å². The minimum Gasteiger partial charge on any atom is -0.493 e. The Balaban J connectivity index is 2.38. The average molecular weight is 443 g/mol. The number of nitrogens with one attached hydrogen (secondary N) is 1. The van der Waals surface area contributed by atoms with Crippen molar-refractivity contribution < 1.29 is 19.1 Å². The number of halogens is 1. The number of para-hydroxylation sites is 1. The highest BCUT2D eigenvalue weighted by Gasteiger charge is 2.16. The van der Waals surface area contributed by atoms with Gasteiger partial charge in [-0.15, -0.1) is 0 Å². The quantitative estimate of drug-likeness (QED) is 0.317. The molecular weight excluding hydrogens is 424 g/mol. The molecule has 0 aliphatic heterocycles. The second kappa shape index (κ2) is 9.20. The van der Waals surface area contributed by atoms with Crippen molar-refractivity contribution in [3.8, 4) is 17.6 Å². The summed E-state index contributed by atoms with van der Waals surface area (Å²) in [4.78, 5) is 23.8. The second-order valence-electron chi connectivity index (χ2n) is 6.02. The van der Waals surface area contributed by atoms with Gasteiger partial charge < -0.3 is 14.8 Å². The Bertz CT molecular complexity index is 986. The number of benzene rings is 2. The average Bonchev–Trinajstić information content (AvgIpc) is 2.64. The molecule has 0 saturated heterocycles. The van der Waals surface area contributed by atoms with Gasteiger partial charge in [0.05, 0.1) is 11.6 Å². The number of rotatable bonds is 5. The maximum Gasteiger partial charge on any atom is 0.308 e. The lowest BCUT2D eigenvalue weighted by Gasteiger charge is -2.12. The SMILES string of the molecule is COc1cc(/C=C(\C#N)C(=O)Nc2c(C)cccc2C)cc(Br)c1OC(C)=O. The topological polar surface area (TPSA) is 88.4 Å². The number of amides is 1. The van der Waals surface area contributed by atoms with E-state index in [-0.39, 0.29) is 11.3 Å². The molecule has 1 N–H and O–H groups in total. The summed E-state index contributed by atoms with van der Waals surface area (Å²) in [6.07, 6.45) is 1.44. The van der Waals surface area contributed by atoms with E-state index < -0.39 is 11.9 Å². The van der Waals surface area contributed by atoms with E-state index in [0.717, 1.165) is 11.1 Å². The molecule has 0 aromatic heterocycles. The molecule has 0 saturated carbocycles. The smallest absolute Gasteiger partial charge is 0.308 e. The molecule has 0 fully saturated rings. The number of ether oxygens (including phenoxy) is 2. The maximum atomic E-state index is 12.6. The Kier molecular flexibility index (Phi) is 6.96. The Labute approximate surface area is 171 Å². The molecule has 0 heterocycles. The molecule has 28 heavy (non-hydrogen) atoms. The van der Waals surface area contributed by atoms with Crippen LogP contribution in [0.5, 0.6) is 11.5 Å². The van der Waals surface area contributed by atoms with E-state index in [1.54, 1.807) is 12.1 Å². The van der Waals surface area contributed by atoms with Crippen molar-refractivity contribution in [3.63, 3.8) is 0 Å². The van der Waals surface area contributed by atoms with Crippen molar-refractivity contribution in [1.82, 2.24) is 0 Å². The van der Waals surface area contributed by atoms with Gasteiger partial charge in [-0.3, -0.25) is 9.59 Å². The van der Waals surface area contributed by atoms with Crippen LogP contribution in [0.15, 0.2) is 40.4 Å². The molecule has 2 aromatic rings. The van der Waals surface area contributed by atoms with Gasteiger partial charge in [-0.05, 0) is 64.7 Å². The zero-order chi connectivity index (χ0) is 20.8. The van der Waals surface area contributed by atoms with Gasteiger partial charge in [0.2, 0.25) is 0 Å². The number of methoxy groups -OCH3 is 1. The van der Waals surface area contributed by atoms with Crippen LogP contribution in [0.4, 0.5) is 5.69 Å². The molecule has 0 aliphatic carbocycles. The zero-order valence-electron chi connectivity index (χ0n) is 15.9. The summed E-state index contributed by atoms with van der Waals surface area (Å²) in [5, 5.41) is 12.2. The minimum atomic E-state index is -0.515. The largest absolute Gasteiger partial charge is 0.493 e. The van der Waals surface area contributed by atoms with Crippen LogP contribution in [0.25, 0.3) is 6.08 Å². The van der Waals surface area contributed by atoms with Crippen molar-refractivity contribution in [2.75, 3.05) is 12.4 Å². The van der Waals surface area contributed by atoms with Crippen molar-refractivity contribution in [3.05, 3.63) is 57.1 Å². The van der Waals surface area contributed by atoms with Crippen LogP contribution in [0.2, 0.25) is 0 Å². The van der Waals surface area contributed by atoms with Crippen LogP contribution in [-0.2, 0) is 9.59 Å². The number of carbonyl (C=O) groups excluding carboxylic acids is 2. The highest BCUT2D eigenvalue weighted by Crippen LogP contribution is 2.37. The van der Waals surface area contributed by atoms with Crippen molar-refractivity contribution >= 4 is 39.6 Å². The van der Waals surface area contributed by atoms with Gasteiger partial charge in [0.1, 0.15) is 11.6 Å². The van der Waals surface area contributed by atoms with E-state index in [0.29, 0.717) is 21.5 Å². The van der Waals surface area contributed by atoms with E-state index in [1.165, 1.54) is 20.1 Å². The summed E-state index contributed by atoms with van der Waals surface area (Å²) < 4.78 is 10.8. The summed E-state index contributed by atoms with van der Waals surface area (Å²) >= 11 is 3.32. The molecule has 0 bridgehead atoms. The lowest BCUT2D eigenvalue weighted by Crippen LogP contribution is -2.15. The number of anilines is 1. The Hall–Kier alpha value is -3.11. The Morgan fingerprint density at radius 3 is 2.39 bits per heavy atom. The van der Waals surface area contributed by atoms with Crippen LogP contribution in [-0.4, -0.2) is 19.0 Å². The Morgan fingerprint density at radius 1 is 1.21 bits per heavy atom. The molecular formula is C21H19BrN2O4. The number of aryl methyl sites for hydroxylation is 2. The molecule has 7 heteroatoms. The first-order valence-electron chi connectivity index (χ1n) is 8.32. The molecule has 6 nitrogen and oxygen atoms in total. The lowest BCUT2D eigenvalue weighted by molar-refractivity contribution is -0.132. The third kappa shape index (κ3) is 4.99. The molecule has 0 spiro atoms. The molecule has 0 atom stereocenters. The first-order chi connectivity index (χ1) is 13.3. The van der Waals surface area contributed by atoms with Crippen molar-refractivity contribution in [2.24, 2.45) is 0 Å².